The second-order valence-electron chi connectivity index (χ2n) is 5.74. The third kappa shape index (κ3) is 4.76. The van der Waals surface area contributed by atoms with Crippen molar-refractivity contribution in [1.82, 2.24) is 4.90 Å². The summed E-state index contributed by atoms with van der Waals surface area (Å²) in [5, 5.41) is 0. The Hall–Kier alpha value is -2.45. The molecule has 0 aromatic heterocycles. The van der Waals surface area contributed by atoms with Crippen LogP contribution in [0.5, 0.6) is 0 Å². The molecule has 0 aliphatic heterocycles. The summed E-state index contributed by atoms with van der Waals surface area (Å²) >= 11 is 0. The van der Waals surface area contributed by atoms with Crippen molar-refractivity contribution < 1.29 is 4.39 Å². The van der Waals surface area contributed by atoms with Gasteiger partial charge in [-0.05, 0) is 28.8 Å². The first-order chi connectivity index (χ1) is 11.3. The van der Waals surface area contributed by atoms with Crippen LogP contribution in [0, 0.1) is 5.82 Å². The highest BCUT2D eigenvalue weighted by Gasteiger charge is 2.08. The van der Waals surface area contributed by atoms with Gasteiger partial charge in [-0.1, -0.05) is 72.8 Å². The first-order valence-electron chi connectivity index (χ1n) is 7.84. The molecule has 0 saturated heterocycles. The van der Waals surface area contributed by atoms with Crippen LogP contribution >= 0.6 is 0 Å². The minimum atomic E-state index is -0.189. The molecule has 0 saturated carbocycles. The molecule has 0 amide bonds. The van der Waals surface area contributed by atoms with E-state index in [1.807, 2.05) is 24.3 Å². The lowest BCUT2D eigenvalue weighted by Gasteiger charge is -2.23. The van der Waals surface area contributed by atoms with Crippen molar-refractivity contribution in [3.05, 3.63) is 107 Å². The van der Waals surface area contributed by atoms with Gasteiger partial charge >= 0.3 is 0 Å². The molecule has 0 radical (unpaired) electrons. The second-order valence-corrected chi connectivity index (χ2v) is 5.74. The van der Waals surface area contributed by atoms with Gasteiger partial charge in [0.15, 0.2) is 0 Å². The summed E-state index contributed by atoms with van der Waals surface area (Å²) in [6, 6.07) is 27.7. The first-order valence-corrected chi connectivity index (χ1v) is 7.84. The number of hydrogen-bond donors (Lipinski definition) is 0. The SMILES string of the molecule is Fc1ccc(CN(Cc2ccccc2)Cc2ccccc2)cc1. The highest BCUT2D eigenvalue weighted by Crippen LogP contribution is 2.14. The topological polar surface area (TPSA) is 3.24 Å². The Morgan fingerprint density at radius 3 is 1.35 bits per heavy atom. The zero-order valence-corrected chi connectivity index (χ0v) is 13.0. The molecule has 3 aromatic rings. The van der Waals surface area contributed by atoms with Crippen molar-refractivity contribution >= 4 is 0 Å². The maximum absolute atomic E-state index is 13.1. The zero-order chi connectivity index (χ0) is 15.9. The van der Waals surface area contributed by atoms with Crippen LogP contribution in [-0.2, 0) is 19.6 Å². The van der Waals surface area contributed by atoms with Crippen molar-refractivity contribution in [1.29, 1.82) is 0 Å². The molecule has 0 atom stereocenters. The highest BCUT2D eigenvalue weighted by molar-refractivity contribution is 5.19. The lowest BCUT2D eigenvalue weighted by molar-refractivity contribution is 0.247. The smallest absolute Gasteiger partial charge is 0.123 e. The minimum Gasteiger partial charge on any atom is -0.291 e. The third-order valence-electron chi connectivity index (χ3n) is 3.82. The lowest BCUT2D eigenvalue weighted by atomic mass is 10.1. The standard InChI is InChI=1S/C21H20FN/c22-21-13-11-20(12-14-21)17-23(15-18-7-3-1-4-8-18)16-19-9-5-2-6-10-19/h1-14H,15-17H2. The molecule has 0 heterocycles. The molecule has 0 aliphatic carbocycles. The third-order valence-corrected chi connectivity index (χ3v) is 3.82. The summed E-state index contributed by atoms with van der Waals surface area (Å²) in [6.45, 7) is 2.53. The summed E-state index contributed by atoms with van der Waals surface area (Å²) in [5.41, 5.74) is 3.69. The van der Waals surface area contributed by atoms with E-state index in [1.54, 1.807) is 0 Å². The molecule has 1 nitrogen and oxygen atoms in total. The number of rotatable bonds is 6. The molecule has 0 spiro atoms. The summed E-state index contributed by atoms with van der Waals surface area (Å²) in [5.74, 6) is -0.189. The van der Waals surface area contributed by atoms with E-state index < -0.39 is 0 Å². The second kappa shape index (κ2) is 7.70. The number of hydrogen-bond acceptors (Lipinski definition) is 1. The molecule has 0 aliphatic rings. The van der Waals surface area contributed by atoms with Crippen LogP contribution in [0.25, 0.3) is 0 Å². The first kappa shape index (κ1) is 15.4. The van der Waals surface area contributed by atoms with E-state index in [0.717, 1.165) is 25.2 Å². The molecule has 23 heavy (non-hydrogen) atoms. The molecule has 0 unspecified atom stereocenters. The Bertz CT molecular complexity index is 666. The molecule has 0 bridgehead atoms. The fraction of sp³-hybridized carbons (Fsp3) is 0.143. The van der Waals surface area contributed by atoms with E-state index in [4.69, 9.17) is 0 Å². The molecule has 116 valence electrons. The zero-order valence-electron chi connectivity index (χ0n) is 13.0. The van der Waals surface area contributed by atoms with Crippen LogP contribution in [0.2, 0.25) is 0 Å². The summed E-state index contributed by atoms with van der Waals surface area (Å²) in [6.07, 6.45) is 0. The van der Waals surface area contributed by atoms with Crippen molar-refractivity contribution in [2.45, 2.75) is 19.6 Å². The van der Waals surface area contributed by atoms with Crippen LogP contribution in [0.15, 0.2) is 84.9 Å². The highest BCUT2D eigenvalue weighted by atomic mass is 19.1. The van der Waals surface area contributed by atoms with Crippen LogP contribution in [0.3, 0.4) is 0 Å². The Morgan fingerprint density at radius 1 is 0.522 bits per heavy atom. The summed E-state index contributed by atoms with van der Waals surface area (Å²) in [7, 11) is 0. The van der Waals surface area contributed by atoms with Gasteiger partial charge in [-0.25, -0.2) is 4.39 Å². The molecular weight excluding hydrogens is 285 g/mol. The van der Waals surface area contributed by atoms with Gasteiger partial charge in [0.1, 0.15) is 5.82 Å². The van der Waals surface area contributed by atoms with E-state index in [1.165, 1.54) is 23.3 Å². The molecular formula is C21H20FN. The van der Waals surface area contributed by atoms with Gasteiger partial charge in [-0.15, -0.1) is 0 Å². The fourth-order valence-corrected chi connectivity index (χ4v) is 2.70. The van der Waals surface area contributed by atoms with Gasteiger partial charge in [0.05, 0.1) is 0 Å². The van der Waals surface area contributed by atoms with Crippen molar-refractivity contribution in [2.75, 3.05) is 0 Å². The Balaban J connectivity index is 1.76. The average Bonchev–Trinajstić information content (AvgIpc) is 2.59. The summed E-state index contributed by atoms with van der Waals surface area (Å²) in [4.78, 5) is 2.37. The van der Waals surface area contributed by atoms with Gasteiger partial charge in [-0.2, -0.15) is 0 Å². The number of halogens is 1. The van der Waals surface area contributed by atoms with Crippen LogP contribution in [-0.4, -0.2) is 4.90 Å². The van der Waals surface area contributed by atoms with E-state index in [-0.39, 0.29) is 5.82 Å². The number of benzene rings is 3. The van der Waals surface area contributed by atoms with E-state index >= 15 is 0 Å². The fourth-order valence-electron chi connectivity index (χ4n) is 2.70. The Labute approximate surface area is 137 Å². The van der Waals surface area contributed by atoms with Gasteiger partial charge < -0.3 is 0 Å². The van der Waals surface area contributed by atoms with Gasteiger partial charge in [0.25, 0.3) is 0 Å². The van der Waals surface area contributed by atoms with Gasteiger partial charge in [0, 0.05) is 19.6 Å². The summed E-state index contributed by atoms with van der Waals surface area (Å²) < 4.78 is 13.1. The lowest BCUT2D eigenvalue weighted by Crippen LogP contribution is -2.22. The molecule has 2 heteroatoms. The monoisotopic (exact) mass is 305 g/mol. The van der Waals surface area contributed by atoms with Gasteiger partial charge in [-0.3, -0.25) is 4.90 Å². The van der Waals surface area contributed by atoms with Crippen molar-refractivity contribution in [3.63, 3.8) is 0 Å². The van der Waals surface area contributed by atoms with Crippen LogP contribution in [0.4, 0.5) is 4.39 Å². The Morgan fingerprint density at radius 2 is 0.913 bits per heavy atom. The quantitative estimate of drug-likeness (QED) is 0.617. The van der Waals surface area contributed by atoms with Crippen LogP contribution in [0.1, 0.15) is 16.7 Å². The molecule has 0 fully saturated rings. The predicted octanol–water partition coefficient (Wildman–Crippen LogP) is 5.03. The molecule has 3 rings (SSSR count). The van der Waals surface area contributed by atoms with Crippen LogP contribution < -0.4 is 0 Å². The Kier molecular flexibility index (Phi) is 5.17. The molecule has 3 aromatic carbocycles. The normalized spacial score (nSPS) is 10.9. The van der Waals surface area contributed by atoms with Crippen molar-refractivity contribution in [3.8, 4) is 0 Å². The maximum Gasteiger partial charge on any atom is 0.123 e. The van der Waals surface area contributed by atoms with Crippen molar-refractivity contribution in [2.24, 2.45) is 0 Å². The van der Waals surface area contributed by atoms with E-state index in [0.29, 0.717) is 0 Å². The minimum absolute atomic E-state index is 0.189. The van der Waals surface area contributed by atoms with Gasteiger partial charge in [0.2, 0.25) is 0 Å². The number of nitrogens with zero attached hydrogens (tertiary/aromatic N) is 1. The van der Waals surface area contributed by atoms with E-state index in [9.17, 15) is 4.39 Å². The average molecular weight is 305 g/mol. The largest absolute Gasteiger partial charge is 0.291 e. The predicted molar refractivity (Wildman–Crippen MR) is 92.2 cm³/mol. The van der Waals surface area contributed by atoms with E-state index in [2.05, 4.69) is 53.4 Å². The molecule has 0 N–H and O–H groups in total. The maximum atomic E-state index is 13.1.